The number of rotatable bonds is 3. The van der Waals surface area contributed by atoms with Gasteiger partial charge in [0.25, 0.3) is 0 Å². The van der Waals surface area contributed by atoms with E-state index in [0.29, 0.717) is 0 Å². The molecule has 10 nitrogen and oxygen atoms in total. The fourth-order valence-corrected chi connectivity index (χ4v) is 1.57. The number of hydrogen-bond acceptors (Lipinski definition) is 8. The molecule has 0 bridgehead atoms. The summed E-state index contributed by atoms with van der Waals surface area (Å²) in [6.45, 7) is -0.481. The van der Waals surface area contributed by atoms with Gasteiger partial charge in [0, 0.05) is 5.10 Å². The van der Waals surface area contributed by atoms with Crippen molar-refractivity contribution in [3.8, 4) is 0 Å². The third kappa shape index (κ3) is 1.98. The predicted molar refractivity (Wildman–Crippen MR) is 49.7 cm³/mol. The molecule has 1 aliphatic heterocycles. The van der Waals surface area contributed by atoms with E-state index >= 15 is 0 Å². The molecule has 3 N–H and O–H groups in total. The van der Waals surface area contributed by atoms with Gasteiger partial charge < -0.3 is 30.2 Å². The number of aliphatic hydroxyl groups is 3. The predicted octanol–water partition coefficient (Wildman–Crippen LogP) is -2.20. The molecule has 0 spiro atoms. The first-order chi connectivity index (χ1) is 8.04. The summed E-state index contributed by atoms with van der Waals surface area (Å²) in [5.74, 6) is -0.636. The SMILES string of the molecule is O=[N+]([O-])c1ncn(C2OC(CO)C(O)C2O)n1. The third-order valence-electron chi connectivity index (χ3n) is 2.44. The lowest BCUT2D eigenvalue weighted by molar-refractivity contribution is -0.394. The van der Waals surface area contributed by atoms with Gasteiger partial charge in [-0.15, -0.1) is 4.68 Å². The van der Waals surface area contributed by atoms with Crippen LogP contribution < -0.4 is 0 Å². The summed E-state index contributed by atoms with van der Waals surface area (Å²) in [6, 6.07) is 0. The minimum absolute atomic E-state index is 0.481. The Bertz CT molecular complexity index is 422. The van der Waals surface area contributed by atoms with E-state index in [1.165, 1.54) is 0 Å². The van der Waals surface area contributed by atoms with Gasteiger partial charge in [-0.05, 0) is 4.92 Å². The molecule has 2 heterocycles. The van der Waals surface area contributed by atoms with E-state index in [1.54, 1.807) is 0 Å². The van der Waals surface area contributed by atoms with Gasteiger partial charge in [-0.2, -0.15) is 0 Å². The second kappa shape index (κ2) is 4.33. The third-order valence-corrected chi connectivity index (χ3v) is 2.44. The van der Waals surface area contributed by atoms with Crippen LogP contribution in [-0.4, -0.2) is 59.9 Å². The van der Waals surface area contributed by atoms with Gasteiger partial charge in [0.1, 0.15) is 18.3 Å². The molecule has 0 aromatic carbocycles. The molecule has 4 atom stereocenters. The van der Waals surface area contributed by atoms with Crippen molar-refractivity contribution in [3.05, 3.63) is 16.4 Å². The van der Waals surface area contributed by atoms with Crippen LogP contribution in [0.2, 0.25) is 0 Å². The Kier molecular flexibility index (Phi) is 3.02. The monoisotopic (exact) mass is 246 g/mol. The van der Waals surface area contributed by atoms with Crippen LogP contribution in [0, 0.1) is 10.1 Å². The highest BCUT2D eigenvalue weighted by atomic mass is 16.6. The molecule has 10 heteroatoms. The molecular formula is C7H10N4O6. The Morgan fingerprint density at radius 1 is 1.53 bits per heavy atom. The standard InChI is InChI=1S/C7H10N4O6/c12-1-3-4(13)5(14)6(17-3)10-2-8-7(9-10)11(15)16/h2-6,12-14H,1H2. The zero-order chi connectivity index (χ0) is 12.6. The first-order valence-electron chi connectivity index (χ1n) is 4.72. The largest absolute Gasteiger partial charge is 0.491 e. The Balaban J connectivity index is 2.19. The summed E-state index contributed by atoms with van der Waals surface area (Å²) in [7, 11) is 0. The fourth-order valence-electron chi connectivity index (χ4n) is 1.57. The van der Waals surface area contributed by atoms with Crippen molar-refractivity contribution in [3.63, 3.8) is 0 Å². The Morgan fingerprint density at radius 2 is 2.24 bits per heavy atom. The van der Waals surface area contributed by atoms with E-state index in [-0.39, 0.29) is 0 Å². The number of hydrogen-bond donors (Lipinski definition) is 3. The molecule has 1 saturated heterocycles. The minimum atomic E-state index is -1.34. The van der Waals surface area contributed by atoms with Gasteiger partial charge in [-0.1, -0.05) is 4.98 Å². The van der Waals surface area contributed by atoms with Crippen LogP contribution in [0.15, 0.2) is 6.33 Å². The molecule has 4 unspecified atom stereocenters. The van der Waals surface area contributed by atoms with Crippen LogP contribution in [0.5, 0.6) is 0 Å². The molecule has 0 aliphatic carbocycles. The van der Waals surface area contributed by atoms with Gasteiger partial charge in [0.2, 0.25) is 6.33 Å². The fraction of sp³-hybridized carbons (Fsp3) is 0.714. The molecule has 94 valence electrons. The number of nitrogens with zero attached hydrogens (tertiary/aromatic N) is 4. The van der Waals surface area contributed by atoms with E-state index < -0.39 is 42.0 Å². The molecule has 2 rings (SSSR count). The molecule has 1 aromatic heterocycles. The average Bonchev–Trinajstić information content (AvgIpc) is 2.87. The molecule has 17 heavy (non-hydrogen) atoms. The molecule has 0 saturated carbocycles. The molecule has 1 aliphatic rings. The van der Waals surface area contributed by atoms with Crippen molar-refractivity contribution in [2.75, 3.05) is 6.61 Å². The minimum Gasteiger partial charge on any atom is -0.394 e. The second-order valence-electron chi connectivity index (χ2n) is 3.51. The summed E-state index contributed by atoms with van der Waals surface area (Å²) < 4.78 is 6.03. The number of aromatic nitrogens is 3. The maximum atomic E-state index is 10.4. The van der Waals surface area contributed by atoms with Crippen LogP contribution in [0.4, 0.5) is 5.95 Å². The average molecular weight is 246 g/mol. The first-order valence-corrected chi connectivity index (χ1v) is 4.72. The quantitative estimate of drug-likeness (QED) is 0.402. The normalized spacial score (nSPS) is 32.9. The summed E-state index contributed by atoms with van der Waals surface area (Å²) in [4.78, 5) is 13.0. The van der Waals surface area contributed by atoms with Crippen LogP contribution in [0.3, 0.4) is 0 Å². The van der Waals surface area contributed by atoms with Crippen LogP contribution in [-0.2, 0) is 4.74 Å². The molecule has 0 amide bonds. The zero-order valence-electron chi connectivity index (χ0n) is 8.45. The van der Waals surface area contributed by atoms with E-state index in [9.17, 15) is 20.3 Å². The van der Waals surface area contributed by atoms with E-state index in [2.05, 4.69) is 10.1 Å². The van der Waals surface area contributed by atoms with Crippen LogP contribution in [0.25, 0.3) is 0 Å². The molecular weight excluding hydrogens is 236 g/mol. The van der Waals surface area contributed by atoms with E-state index in [1.807, 2.05) is 0 Å². The van der Waals surface area contributed by atoms with Crippen LogP contribution >= 0.6 is 0 Å². The lowest BCUT2D eigenvalue weighted by atomic mass is 10.1. The topological polar surface area (TPSA) is 144 Å². The number of ether oxygens (including phenoxy) is 1. The Labute approximate surface area is 94.2 Å². The lowest BCUT2D eigenvalue weighted by Gasteiger charge is -2.11. The van der Waals surface area contributed by atoms with Gasteiger partial charge >= 0.3 is 5.95 Å². The van der Waals surface area contributed by atoms with Gasteiger partial charge in [0.05, 0.1) is 6.61 Å². The van der Waals surface area contributed by atoms with Crippen LogP contribution in [0.1, 0.15) is 6.23 Å². The van der Waals surface area contributed by atoms with Crippen molar-refractivity contribution in [2.24, 2.45) is 0 Å². The summed E-state index contributed by atoms with van der Waals surface area (Å²) >= 11 is 0. The van der Waals surface area contributed by atoms with Gasteiger partial charge in [-0.3, -0.25) is 0 Å². The Morgan fingerprint density at radius 3 is 2.71 bits per heavy atom. The first kappa shape index (κ1) is 11.9. The molecule has 0 radical (unpaired) electrons. The highest BCUT2D eigenvalue weighted by Gasteiger charge is 2.45. The molecule has 1 aromatic rings. The summed E-state index contributed by atoms with van der Waals surface area (Å²) in [5.41, 5.74) is 0. The van der Waals surface area contributed by atoms with Crippen molar-refractivity contribution in [1.82, 2.24) is 14.8 Å². The maximum absolute atomic E-state index is 10.4. The van der Waals surface area contributed by atoms with Gasteiger partial charge in [0.15, 0.2) is 6.23 Å². The second-order valence-corrected chi connectivity index (χ2v) is 3.51. The Hall–Kier alpha value is -1.62. The van der Waals surface area contributed by atoms with Crippen molar-refractivity contribution < 1.29 is 25.0 Å². The van der Waals surface area contributed by atoms with Crippen molar-refractivity contribution >= 4 is 5.95 Å². The molecule has 1 fully saturated rings. The highest BCUT2D eigenvalue weighted by Crippen LogP contribution is 2.28. The summed E-state index contributed by atoms with van der Waals surface area (Å²) in [6.07, 6.45) is -3.68. The maximum Gasteiger partial charge on any atom is 0.491 e. The summed E-state index contributed by atoms with van der Waals surface area (Å²) in [5, 5.41) is 41.8. The zero-order valence-corrected chi connectivity index (χ0v) is 8.45. The van der Waals surface area contributed by atoms with Crippen molar-refractivity contribution in [2.45, 2.75) is 24.5 Å². The van der Waals surface area contributed by atoms with Crippen molar-refractivity contribution in [1.29, 1.82) is 0 Å². The number of nitro groups is 1. The lowest BCUT2D eigenvalue weighted by Crippen LogP contribution is -2.33. The van der Waals surface area contributed by atoms with E-state index in [0.717, 1.165) is 11.0 Å². The highest BCUT2D eigenvalue weighted by molar-refractivity contribution is 4.99. The van der Waals surface area contributed by atoms with E-state index in [4.69, 9.17) is 9.84 Å². The smallest absolute Gasteiger partial charge is 0.394 e. The van der Waals surface area contributed by atoms with Gasteiger partial charge in [-0.25, -0.2) is 0 Å². The number of aliphatic hydroxyl groups excluding tert-OH is 3.